The van der Waals surface area contributed by atoms with E-state index in [1.54, 1.807) is 97.1 Å². The van der Waals surface area contributed by atoms with Crippen molar-refractivity contribution in [1.29, 1.82) is 0 Å². The molecule has 0 spiro atoms. The number of rotatable bonds is 11. The van der Waals surface area contributed by atoms with Gasteiger partial charge in [-0.05, 0) is 72.8 Å². The largest absolute Gasteiger partial charge is 0.497 e. The fourth-order valence-electron chi connectivity index (χ4n) is 3.78. The molecule has 0 aliphatic heterocycles. The summed E-state index contributed by atoms with van der Waals surface area (Å²) in [5.41, 5.74) is 2.00. The van der Waals surface area contributed by atoms with Crippen LogP contribution in [0, 0.1) is 0 Å². The van der Waals surface area contributed by atoms with Gasteiger partial charge in [-0.15, -0.1) is 11.8 Å². The van der Waals surface area contributed by atoms with Gasteiger partial charge >= 0.3 is 0 Å². The maximum absolute atomic E-state index is 13.4. The molecule has 4 aromatic rings. The third-order valence-electron chi connectivity index (χ3n) is 5.90. The van der Waals surface area contributed by atoms with Crippen LogP contribution in [0.3, 0.4) is 0 Å². The van der Waals surface area contributed by atoms with Crippen molar-refractivity contribution in [2.24, 2.45) is 0 Å². The molecule has 10 heteroatoms. The Morgan fingerprint density at radius 1 is 0.833 bits per heavy atom. The number of methoxy groups -OCH3 is 2. The van der Waals surface area contributed by atoms with Crippen LogP contribution in [-0.2, 0) is 9.59 Å². The highest BCUT2D eigenvalue weighted by molar-refractivity contribution is 8.00. The van der Waals surface area contributed by atoms with E-state index in [4.69, 9.17) is 21.1 Å². The number of hydrogen-bond donors (Lipinski definition) is 3. The number of nitrogens with one attached hydrogen (secondary N) is 3. The van der Waals surface area contributed by atoms with Gasteiger partial charge in [0.25, 0.3) is 11.8 Å². The van der Waals surface area contributed by atoms with Crippen LogP contribution < -0.4 is 25.4 Å². The Labute approximate surface area is 253 Å². The van der Waals surface area contributed by atoms with Crippen molar-refractivity contribution >= 4 is 58.5 Å². The molecule has 4 rings (SSSR count). The van der Waals surface area contributed by atoms with Gasteiger partial charge in [-0.3, -0.25) is 14.4 Å². The van der Waals surface area contributed by atoms with Gasteiger partial charge in [0.1, 0.15) is 17.2 Å². The molecule has 3 N–H and O–H groups in total. The smallest absolute Gasteiger partial charge is 0.272 e. The summed E-state index contributed by atoms with van der Waals surface area (Å²) in [6, 6.07) is 27.8. The van der Waals surface area contributed by atoms with E-state index in [2.05, 4.69) is 16.0 Å². The standard InChI is InChI=1S/C32H28ClN3O5S/c1-40-24-14-17-29(41-2)22(18-24)19-28(36-31(38)21-8-4-3-5-9-21)32(39)34-23-12-15-25(16-13-23)42-20-30(37)35-27-11-7-6-10-26(27)33/h3-19H,20H2,1-2H3,(H,34,39)(H,35,37)(H,36,38)/b28-19-. The van der Waals surface area contributed by atoms with E-state index in [1.807, 2.05) is 0 Å². The third kappa shape index (κ3) is 8.39. The quantitative estimate of drug-likeness (QED) is 0.134. The zero-order chi connectivity index (χ0) is 29.9. The van der Waals surface area contributed by atoms with Gasteiger partial charge < -0.3 is 25.4 Å². The minimum Gasteiger partial charge on any atom is -0.497 e. The van der Waals surface area contributed by atoms with Crippen LogP contribution in [-0.4, -0.2) is 37.7 Å². The highest BCUT2D eigenvalue weighted by Crippen LogP contribution is 2.27. The van der Waals surface area contributed by atoms with Crippen molar-refractivity contribution in [2.45, 2.75) is 4.90 Å². The van der Waals surface area contributed by atoms with Gasteiger partial charge in [0.15, 0.2) is 0 Å². The Balaban J connectivity index is 1.47. The normalized spacial score (nSPS) is 10.9. The van der Waals surface area contributed by atoms with Crippen LogP contribution in [0.5, 0.6) is 11.5 Å². The van der Waals surface area contributed by atoms with Crippen LogP contribution >= 0.6 is 23.4 Å². The van der Waals surface area contributed by atoms with Gasteiger partial charge in [0.05, 0.1) is 30.7 Å². The molecule has 0 radical (unpaired) electrons. The van der Waals surface area contributed by atoms with Crippen molar-refractivity contribution < 1.29 is 23.9 Å². The summed E-state index contributed by atoms with van der Waals surface area (Å²) >= 11 is 7.45. The zero-order valence-corrected chi connectivity index (χ0v) is 24.4. The lowest BCUT2D eigenvalue weighted by Crippen LogP contribution is -2.30. The Bertz CT molecular complexity index is 1590. The Morgan fingerprint density at radius 3 is 2.24 bits per heavy atom. The van der Waals surface area contributed by atoms with Crippen LogP contribution in [0.2, 0.25) is 5.02 Å². The average molecular weight is 602 g/mol. The topological polar surface area (TPSA) is 106 Å². The molecular weight excluding hydrogens is 574 g/mol. The summed E-state index contributed by atoms with van der Waals surface area (Å²) in [6.07, 6.45) is 1.53. The molecule has 8 nitrogen and oxygen atoms in total. The van der Waals surface area contributed by atoms with Gasteiger partial charge in [-0.25, -0.2) is 0 Å². The summed E-state index contributed by atoms with van der Waals surface area (Å²) in [5, 5.41) is 8.79. The minimum atomic E-state index is -0.538. The highest BCUT2D eigenvalue weighted by Gasteiger charge is 2.17. The molecule has 0 fully saturated rings. The lowest BCUT2D eigenvalue weighted by Gasteiger charge is -2.13. The highest BCUT2D eigenvalue weighted by atomic mass is 35.5. The number of benzene rings is 4. The SMILES string of the molecule is COc1ccc(OC)c(/C=C(\NC(=O)c2ccccc2)C(=O)Nc2ccc(SCC(=O)Nc3ccccc3Cl)cc2)c1. The number of ether oxygens (including phenoxy) is 2. The molecule has 0 aromatic heterocycles. The third-order valence-corrected chi connectivity index (χ3v) is 7.24. The Morgan fingerprint density at radius 2 is 1.55 bits per heavy atom. The Kier molecular flexibility index (Phi) is 10.6. The van der Waals surface area contributed by atoms with E-state index in [-0.39, 0.29) is 17.4 Å². The number of carbonyl (C=O) groups excluding carboxylic acids is 3. The van der Waals surface area contributed by atoms with E-state index in [0.29, 0.717) is 39.0 Å². The van der Waals surface area contributed by atoms with Gasteiger partial charge in [-0.1, -0.05) is 41.9 Å². The van der Waals surface area contributed by atoms with Crippen molar-refractivity contribution in [1.82, 2.24) is 5.32 Å². The van der Waals surface area contributed by atoms with Crippen molar-refractivity contribution in [3.05, 3.63) is 119 Å². The first-order valence-electron chi connectivity index (χ1n) is 12.7. The van der Waals surface area contributed by atoms with Crippen LogP contribution in [0.25, 0.3) is 6.08 Å². The first kappa shape index (κ1) is 30.2. The molecule has 0 saturated carbocycles. The van der Waals surface area contributed by atoms with Gasteiger partial charge in [0, 0.05) is 21.7 Å². The molecule has 0 aliphatic carbocycles. The van der Waals surface area contributed by atoms with E-state index >= 15 is 0 Å². The van der Waals surface area contributed by atoms with Crippen LogP contribution in [0.15, 0.2) is 108 Å². The summed E-state index contributed by atoms with van der Waals surface area (Å²) in [6.45, 7) is 0. The first-order valence-corrected chi connectivity index (χ1v) is 14.1. The maximum atomic E-state index is 13.4. The summed E-state index contributed by atoms with van der Waals surface area (Å²) < 4.78 is 10.8. The fraction of sp³-hybridized carbons (Fsp3) is 0.0938. The molecule has 214 valence electrons. The molecule has 0 unspecified atom stereocenters. The number of halogens is 1. The molecule has 4 aromatic carbocycles. The van der Waals surface area contributed by atoms with Gasteiger partial charge in [0.2, 0.25) is 5.91 Å². The van der Waals surface area contributed by atoms with Crippen molar-refractivity contribution in [2.75, 3.05) is 30.6 Å². The molecule has 0 bridgehead atoms. The monoisotopic (exact) mass is 601 g/mol. The van der Waals surface area contributed by atoms with Crippen LogP contribution in [0.1, 0.15) is 15.9 Å². The lowest BCUT2D eigenvalue weighted by atomic mass is 10.1. The predicted molar refractivity (Wildman–Crippen MR) is 167 cm³/mol. The van der Waals surface area contributed by atoms with E-state index in [9.17, 15) is 14.4 Å². The average Bonchev–Trinajstić information content (AvgIpc) is 3.01. The van der Waals surface area contributed by atoms with E-state index in [1.165, 1.54) is 32.1 Å². The molecule has 0 saturated heterocycles. The number of hydrogen-bond acceptors (Lipinski definition) is 6. The molecular formula is C32H28ClN3O5S. The summed E-state index contributed by atoms with van der Waals surface area (Å²) in [5.74, 6) is 0.0594. The number of anilines is 2. The van der Waals surface area contributed by atoms with E-state index in [0.717, 1.165) is 4.90 Å². The van der Waals surface area contributed by atoms with Crippen molar-refractivity contribution in [3.63, 3.8) is 0 Å². The molecule has 3 amide bonds. The second-order valence-corrected chi connectivity index (χ2v) is 10.2. The number of amides is 3. The summed E-state index contributed by atoms with van der Waals surface area (Å²) in [4.78, 5) is 39.5. The van der Waals surface area contributed by atoms with E-state index < -0.39 is 11.8 Å². The fourth-order valence-corrected chi connectivity index (χ4v) is 4.66. The predicted octanol–water partition coefficient (Wildman–Crippen LogP) is 6.50. The Hall–Kier alpha value is -4.73. The molecule has 42 heavy (non-hydrogen) atoms. The number of para-hydroxylation sites is 1. The molecule has 0 atom stereocenters. The number of carbonyl (C=O) groups is 3. The van der Waals surface area contributed by atoms with Gasteiger partial charge in [-0.2, -0.15) is 0 Å². The molecule has 0 heterocycles. The minimum absolute atomic E-state index is 0.00472. The maximum Gasteiger partial charge on any atom is 0.272 e. The lowest BCUT2D eigenvalue weighted by molar-refractivity contribution is -0.114. The number of thioether (sulfide) groups is 1. The van der Waals surface area contributed by atoms with Crippen LogP contribution in [0.4, 0.5) is 11.4 Å². The zero-order valence-electron chi connectivity index (χ0n) is 22.8. The van der Waals surface area contributed by atoms with Crippen molar-refractivity contribution in [3.8, 4) is 11.5 Å². The molecule has 0 aliphatic rings. The summed E-state index contributed by atoms with van der Waals surface area (Å²) in [7, 11) is 3.05. The second kappa shape index (κ2) is 14.8. The first-order chi connectivity index (χ1) is 20.4. The second-order valence-electron chi connectivity index (χ2n) is 8.78.